The Labute approximate surface area is 167 Å². The van der Waals surface area contributed by atoms with Gasteiger partial charge in [-0.05, 0) is 18.2 Å². The lowest BCUT2D eigenvalue weighted by molar-refractivity contribution is -0.0728. The highest BCUT2D eigenvalue weighted by Crippen LogP contribution is 2.31. The molecule has 0 aromatic carbocycles. The molecule has 0 bridgehead atoms. The van der Waals surface area contributed by atoms with Crippen LogP contribution in [0.5, 0.6) is 0 Å². The van der Waals surface area contributed by atoms with E-state index in [1.807, 2.05) is 37.2 Å². The van der Waals surface area contributed by atoms with Gasteiger partial charge >= 0.3 is 0 Å². The van der Waals surface area contributed by atoms with Crippen LogP contribution in [-0.4, -0.2) is 59.6 Å². The van der Waals surface area contributed by atoms with E-state index in [9.17, 15) is 8.78 Å². The molecule has 0 radical (unpaired) electrons. The molecular formula is C20H23F2N7. The van der Waals surface area contributed by atoms with Crippen LogP contribution >= 0.6 is 0 Å². The Morgan fingerprint density at radius 1 is 1.21 bits per heavy atom. The number of halogens is 2. The van der Waals surface area contributed by atoms with Crippen molar-refractivity contribution in [3.63, 3.8) is 0 Å². The minimum absolute atomic E-state index is 0.0972. The van der Waals surface area contributed by atoms with Crippen LogP contribution in [0.1, 0.15) is 6.42 Å². The van der Waals surface area contributed by atoms with Crippen molar-refractivity contribution in [3.05, 3.63) is 36.8 Å². The summed E-state index contributed by atoms with van der Waals surface area (Å²) in [6, 6.07) is 5.66. The number of aromatic nitrogens is 4. The highest BCUT2D eigenvalue weighted by molar-refractivity contribution is 5.88. The Hall–Kier alpha value is -2.94. The lowest BCUT2D eigenvalue weighted by Crippen LogP contribution is -2.47. The molecule has 1 aliphatic rings. The normalized spacial score (nSPS) is 18.6. The molecule has 1 saturated heterocycles. The molecule has 1 fully saturated rings. The summed E-state index contributed by atoms with van der Waals surface area (Å²) < 4.78 is 28.4. The lowest BCUT2D eigenvalue weighted by Gasteiger charge is -2.32. The van der Waals surface area contributed by atoms with Gasteiger partial charge in [-0.25, -0.2) is 23.7 Å². The molecule has 4 rings (SSSR count). The Morgan fingerprint density at radius 3 is 2.76 bits per heavy atom. The molecule has 3 aromatic rings. The Balaban J connectivity index is 1.65. The standard InChI is InChI=1S/C20H23F2N7/c1-29(2)17-4-3-13(10-26-17)15-9-16-18(25-8-7-24-16)19(28-15)27-12-14-11-23-6-5-20(14,21)22/h3-4,7-10,14,23H,5-6,11-12H2,1-2H3,(H,27,28). The number of anilines is 2. The quantitative estimate of drug-likeness (QED) is 0.683. The number of piperidine rings is 1. The van der Waals surface area contributed by atoms with E-state index in [2.05, 4.69) is 30.6 Å². The molecule has 3 aromatic heterocycles. The van der Waals surface area contributed by atoms with Gasteiger partial charge in [-0.15, -0.1) is 0 Å². The Bertz CT molecular complexity index is 992. The number of pyridine rings is 2. The number of nitrogens with zero attached hydrogens (tertiary/aromatic N) is 5. The number of hydrogen-bond acceptors (Lipinski definition) is 7. The average Bonchev–Trinajstić information content (AvgIpc) is 2.72. The molecule has 0 saturated carbocycles. The summed E-state index contributed by atoms with van der Waals surface area (Å²) in [7, 11) is 3.84. The van der Waals surface area contributed by atoms with Crippen LogP contribution in [0.25, 0.3) is 22.3 Å². The van der Waals surface area contributed by atoms with Gasteiger partial charge in [0, 0.05) is 64.3 Å². The lowest BCUT2D eigenvalue weighted by atomic mass is 9.95. The van der Waals surface area contributed by atoms with Crippen molar-refractivity contribution in [2.24, 2.45) is 5.92 Å². The second-order valence-electron chi connectivity index (χ2n) is 7.37. The van der Waals surface area contributed by atoms with Crippen LogP contribution in [0.3, 0.4) is 0 Å². The molecule has 0 aliphatic carbocycles. The fourth-order valence-electron chi connectivity index (χ4n) is 3.37. The summed E-state index contributed by atoms with van der Waals surface area (Å²) in [4.78, 5) is 19.7. The van der Waals surface area contributed by atoms with Crippen molar-refractivity contribution in [3.8, 4) is 11.3 Å². The van der Waals surface area contributed by atoms with E-state index in [1.54, 1.807) is 18.6 Å². The highest BCUT2D eigenvalue weighted by Gasteiger charge is 2.41. The second-order valence-corrected chi connectivity index (χ2v) is 7.37. The molecule has 0 spiro atoms. The number of rotatable bonds is 5. The summed E-state index contributed by atoms with van der Waals surface area (Å²) in [5.41, 5.74) is 2.68. The zero-order valence-corrected chi connectivity index (χ0v) is 16.4. The molecule has 152 valence electrons. The van der Waals surface area contributed by atoms with Crippen LogP contribution in [0.15, 0.2) is 36.8 Å². The first-order chi connectivity index (χ1) is 13.9. The van der Waals surface area contributed by atoms with E-state index < -0.39 is 11.8 Å². The molecule has 9 heteroatoms. The van der Waals surface area contributed by atoms with Crippen molar-refractivity contribution in [1.82, 2.24) is 25.3 Å². The number of alkyl halides is 2. The van der Waals surface area contributed by atoms with E-state index in [-0.39, 0.29) is 19.5 Å². The van der Waals surface area contributed by atoms with Crippen molar-refractivity contribution < 1.29 is 8.78 Å². The second kappa shape index (κ2) is 7.82. The van der Waals surface area contributed by atoms with Gasteiger partial charge in [0.2, 0.25) is 0 Å². The SMILES string of the molecule is CN(C)c1ccc(-c2cc3nccnc3c(NCC3CNCCC3(F)F)n2)cn1. The molecule has 1 unspecified atom stereocenters. The van der Waals surface area contributed by atoms with Gasteiger partial charge in [0.15, 0.2) is 5.82 Å². The van der Waals surface area contributed by atoms with E-state index in [4.69, 9.17) is 0 Å². The Kier molecular flexibility index (Phi) is 5.23. The molecule has 4 heterocycles. The first-order valence-electron chi connectivity index (χ1n) is 9.52. The van der Waals surface area contributed by atoms with E-state index in [0.717, 1.165) is 11.4 Å². The zero-order chi connectivity index (χ0) is 20.4. The monoisotopic (exact) mass is 399 g/mol. The third-order valence-corrected chi connectivity index (χ3v) is 5.10. The summed E-state index contributed by atoms with van der Waals surface area (Å²) in [6.45, 7) is 0.695. The maximum absolute atomic E-state index is 14.2. The molecular weight excluding hydrogens is 376 g/mol. The predicted octanol–water partition coefficient (Wildman–Crippen LogP) is 2.81. The van der Waals surface area contributed by atoms with E-state index in [1.165, 1.54) is 0 Å². The van der Waals surface area contributed by atoms with Gasteiger partial charge in [-0.3, -0.25) is 4.98 Å². The van der Waals surface area contributed by atoms with Gasteiger partial charge in [-0.2, -0.15) is 0 Å². The minimum atomic E-state index is -2.71. The van der Waals surface area contributed by atoms with Gasteiger partial charge in [0.05, 0.1) is 17.1 Å². The van der Waals surface area contributed by atoms with Gasteiger partial charge in [0.1, 0.15) is 11.3 Å². The van der Waals surface area contributed by atoms with Crippen LogP contribution in [-0.2, 0) is 0 Å². The summed E-state index contributed by atoms with van der Waals surface area (Å²) >= 11 is 0. The fraction of sp³-hybridized carbons (Fsp3) is 0.400. The first kappa shape index (κ1) is 19.4. The van der Waals surface area contributed by atoms with Crippen LogP contribution in [0.4, 0.5) is 20.4 Å². The molecule has 29 heavy (non-hydrogen) atoms. The molecule has 2 N–H and O–H groups in total. The van der Waals surface area contributed by atoms with E-state index in [0.29, 0.717) is 29.1 Å². The van der Waals surface area contributed by atoms with Crippen molar-refractivity contribution in [2.75, 3.05) is 43.9 Å². The third kappa shape index (κ3) is 4.09. The van der Waals surface area contributed by atoms with Crippen molar-refractivity contribution >= 4 is 22.7 Å². The maximum atomic E-state index is 14.2. The maximum Gasteiger partial charge on any atom is 0.255 e. The topological polar surface area (TPSA) is 78.9 Å². The van der Waals surface area contributed by atoms with Gasteiger partial charge < -0.3 is 15.5 Å². The van der Waals surface area contributed by atoms with Crippen molar-refractivity contribution in [2.45, 2.75) is 12.3 Å². The molecule has 1 atom stereocenters. The zero-order valence-electron chi connectivity index (χ0n) is 16.4. The largest absolute Gasteiger partial charge is 0.368 e. The van der Waals surface area contributed by atoms with E-state index >= 15 is 0 Å². The predicted molar refractivity (Wildman–Crippen MR) is 109 cm³/mol. The van der Waals surface area contributed by atoms with Gasteiger partial charge in [-0.1, -0.05) is 0 Å². The van der Waals surface area contributed by atoms with Crippen molar-refractivity contribution in [1.29, 1.82) is 0 Å². The summed E-state index contributed by atoms with van der Waals surface area (Å²) in [6.07, 6.45) is 4.75. The first-order valence-corrected chi connectivity index (χ1v) is 9.52. The van der Waals surface area contributed by atoms with Crippen LogP contribution < -0.4 is 15.5 Å². The molecule has 7 nitrogen and oxygen atoms in total. The molecule has 1 aliphatic heterocycles. The number of hydrogen-bond donors (Lipinski definition) is 2. The molecule has 0 amide bonds. The minimum Gasteiger partial charge on any atom is -0.368 e. The van der Waals surface area contributed by atoms with Crippen LogP contribution in [0.2, 0.25) is 0 Å². The van der Waals surface area contributed by atoms with Crippen LogP contribution in [0, 0.1) is 5.92 Å². The number of fused-ring (bicyclic) bond motifs is 1. The Morgan fingerprint density at radius 2 is 2.03 bits per heavy atom. The summed E-state index contributed by atoms with van der Waals surface area (Å²) in [5.74, 6) is -2.23. The third-order valence-electron chi connectivity index (χ3n) is 5.10. The fourth-order valence-corrected chi connectivity index (χ4v) is 3.37. The number of nitrogens with one attached hydrogen (secondary N) is 2. The highest BCUT2D eigenvalue weighted by atomic mass is 19.3. The summed E-state index contributed by atoms with van der Waals surface area (Å²) in [5, 5.41) is 6.13. The smallest absolute Gasteiger partial charge is 0.255 e. The van der Waals surface area contributed by atoms with Gasteiger partial charge in [0.25, 0.3) is 5.92 Å². The average molecular weight is 399 g/mol.